The smallest absolute Gasteiger partial charge is 0.0722 e. The summed E-state index contributed by atoms with van der Waals surface area (Å²) in [5.74, 6) is 0. The van der Waals surface area contributed by atoms with Crippen molar-refractivity contribution in [1.82, 2.24) is 19.1 Å². The molecule has 7 aromatic carbocycles. The van der Waals surface area contributed by atoms with E-state index in [-0.39, 0.29) is 0 Å². The fourth-order valence-electron chi connectivity index (χ4n) is 8.94. The van der Waals surface area contributed by atoms with Crippen LogP contribution in [0.3, 0.4) is 0 Å². The van der Waals surface area contributed by atoms with Crippen molar-refractivity contribution < 1.29 is 0 Å². The fourth-order valence-corrected chi connectivity index (χ4v) is 8.94. The summed E-state index contributed by atoms with van der Waals surface area (Å²) in [6.07, 6.45) is 3.87. The molecule has 1 aliphatic carbocycles. The molecule has 12 rings (SSSR count). The zero-order valence-electron chi connectivity index (χ0n) is 29.1. The van der Waals surface area contributed by atoms with Crippen molar-refractivity contribution in [3.05, 3.63) is 182 Å². The van der Waals surface area contributed by atoms with Gasteiger partial charge in [0.1, 0.15) is 0 Å². The molecule has 0 unspecified atom stereocenters. The minimum Gasteiger partial charge on any atom is -0.309 e. The minimum atomic E-state index is 0.963. The van der Waals surface area contributed by atoms with Crippen LogP contribution in [0.25, 0.3) is 111 Å². The van der Waals surface area contributed by atoms with Crippen LogP contribution in [0.2, 0.25) is 0 Å². The summed E-state index contributed by atoms with van der Waals surface area (Å²) in [6.45, 7) is 0. The van der Waals surface area contributed by atoms with Crippen molar-refractivity contribution in [2.45, 2.75) is 0 Å². The molecule has 0 radical (unpaired) electrons. The molecule has 4 aromatic heterocycles. The number of fused-ring (bicyclic) bond motifs is 9. The number of rotatable bonds is 4. The molecule has 0 amide bonds. The van der Waals surface area contributed by atoms with Gasteiger partial charge in [-0.3, -0.25) is 4.98 Å². The van der Waals surface area contributed by atoms with Crippen LogP contribution in [0.15, 0.2) is 182 Å². The van der Waals surface area contributed by atoms with Crippen molar-refractivity contribution in [2.75, 3.05) is 0 Å². The molecule has 1 aliphatic rings. The monoisotopic (exact) mass is 686 g/mol. The highest BCUT2D eigenvalue weighted by atomic mass is 15.0. The summed E-state index contributed by atoms with van der Waals surface area (Å²) >= 11 is 0. The minimum absolute atomic E-state index is 0.963. The zero-order valence-corrected chi connectivity index (χ0v) is 29.1. The van der Waals surface area contributed by atoms with Crippen LogP contribution < -0.4 is 0 Å². The normalized spacial score (nSPS) is 12.1. The number of nitrogens with zero attached hydrogens (tertiary/aromatic N) is 4. The van der Waals surface area contributed by atoms with Crippen molar-refractivity contribution in [3.8, 4) is 56.0 Å². The van der Waals surface area contributed by atoms with E-state index >= 15 is 0 Å². The van der Waals surface area contributed by atoms with Crippen LogP contribution in [-0.4, -0.2) is 19.1 Å². The maximum absolute atomic E-state index is 5.26. The molecular formula is C50H30N4. The Bertz CT molecular complexity index is 3320. The highest BCUT2D eigenvalue weighted by molar-refractivity contribution is 6.16. The molecule has 0 bridgehead atoms. The Labute approximate surface area is 310 Å². The van der Waals surface area contributed by atoms with E-state index in [1.54, 1.807) is 0 Å². The first-order valence-electron chi connectivity index (χ1n) is 18.4. The summed E-state index contributed by atoms with van der Waals surface area (Å²) in [5, 5.41) is 6.11. The van der Waals surface area contributed by atoms with Gasteiger partial charge >= 0.3 is 0 Å². The van der Waals surface area contributed by atoms with E-state index in [0.717, 1.165) is 22.5 Å². The van der Waals surface area contributed by atoms with Crippen LogP contribution in [0.4, 0.5) is 0 Å². The number of pyridine rings is 2. The third kappa shape index (κ3) is 4.13. The van der Waals surface area contributed by atoms with Gasteiger partial charge in [-0.1, -0.05) is 84.9 Å². The van der Waals surface area contributed by atoms with Gasteiger partial charge in [-0.25, -0.2) is 4.98 Å². The third-order valence-electron chi connectivity index (χ3n) is 11.3. The molecule has 0 saturated heterocycles. The summed E-state index contributed by atoms with van der Waals surface area (Å²) in [5.41, 5.74) is 17.3. The first-order chi connectivity index (χ1) is 26.8. The van der Waals surface area contributed by atoms with Gasteiger partial charge in [0.25, 0.3) is 0 Å². The third-order valence-corrected chi connectivity index (χ3v) is 11.3. The Hall–Kier alpha value is -7.30. The number of aromatic nitrogens is 4. The molecule has 0 spiro atoms. The molecule has 4 heteroatoms. The molecule has 11 aromatic rings. The Kier molecular flexibility index (Phi) is 6.02. The van der Waals surface area contributed by atoms with Crippen molar-refractivity contribution in [1.29, 1.82) is 0 Å². The lowest BCUT2D eigenvalue weighted by atomic mass is 9.99. The number of para-hydroxylation sites is 3. The van der Waals surface area contributed by atoms with Gasteiger partial charge in [-0.15, -0.1) is 0 Å². The van der Waals surface area contributed by atoms with E-state index < -0.39 is 0 Å². The van der Waals surface area contributed by atoms with Gasteiger partial charge < -0.3 is 9.13 Å². The van der Waals surface area contributed by atoms with E-state index in [1.807, 2.05) is 12.4 Å². The van der Waals surface area contributed by atoms with Gasteiger partial charge in [0, 0.05) is 61.8 Å². The van der Waals surface area contributed by atoms with Crippen molar-refractivity contribution in [3.63, 3.8) is 0 Å². The zero-order chi connectivity index (χ0) is 35.3. The van der Waals surface area contributed by atoms with Gasteiger partial charge in [-0.2, -0.15) is 0 Å². The number of hydrogen-bond donors (Lipinski definition) is 0. The summed E-state index contributed by atoms with van der Waals surface area (Å²) < 4.78 is 4.76. The Morgan fingerprint density at radius 3 is 1.63 bits per heavy atom. The average Bonchev–Trinajstić information content (AvgIpc) is 3.87. The Morgan fingerprint density at radius 2 is 0.944 bits per heavy atom. The average molecular weight is 687 g/mol. The molecule has 0 atom stereocenters. The maximum atomic E-state index is 5.26. The molecule has 0 saturated carbocycles. The van der Waals surface area contributed by atoms with Gasteiger partial charge in [0.05, 0.1) is 33.3 Å². The standard InChI is InChI=1S/C50H30N4/c1-3-10-34(11-4-1)53-46-17-8-7-14-37(46)39-26-31(18-21-47(39)53)32-19-22-48-40(27-32)41-28-33(20-23-49(41)54(48)35-12-5-2-6-13-35)45-29-42-43-30-51-25-24-36(43)38-15-9-16-44(52-45)50(38)42/h1-30H. The Morgan fingerprint density at radius 1 is 0.370 bits per heavy atom. The second kappa shape index (κ2) is 11.1. The Balaban J connectivity index is 1.07. The van der Waals surface area contributed by atoms with Gasteiger partial charge in [0.15, 0.2) is 0 Å². The summed E-state index contributed by atoms with van der Waals surface area (Å²) in [7, 11) is 0. The maximum Gasteiger partial charge on any atom is 0.0722 e. The molecule has 250 valence electrons. The molecule has 54 heavy (non-hydrogen) atoms. The first-order valence-corrected chi connectivity index (χ1v) is 18.4. The van der Waals surface area contributed by atoms with Crippen LogP contribution in [-0.2, 0) is 0 Å². The fraction of sp³-hybridized carbons (Fsp3) is 0. The van der Waals surface area contributed by atoms with E-state index in [2.05, 4.69) is 184 Å². The second-order valence-corrected chi connectivity index (χ2v) is 14.2. The van der Waals surface area contributed by atoms with Crippen molar-refractivity contribution >= 4 is 54.5 Å². The lowest BCUT2D eigenvalue weighted by molar-refractivity contribution is 1.18. The van der Waals surface area contributed by atoms with Crippen LogP contribution in [0.1, 0.15) is 0 Å². The van der Waals surface area contributed by atoms with Gasteiger partial charge in [-0.05, 0) is 113 Å². The highest BCUT2D eigenvalue weighted by Gasteiger charge is 2.24. The topological polar surface area (TPSA) is 35.6 Å². The molecule has 0 N–H and O–H groups in total. The SMILES string of the molecule is c1ccc(-n2c3ccccc3c3cc(-c4ccc5c(c4)c4cc(-c6cc7c8c(cccc8n6)-c6ccncc6-7)ccc4n5-c4ccccc4)ccc32)cc1. The first kappa shape index (κ1) is 29.3. The molecule has 0 aliphatic heterocycles. The van der Waals surface area contributed by atoms with Crippen LogP contribution in [0.5, 0.6) is 0 Å². The molecular weight excluding hydrogens is 657 g/mol. The lowest BCUT2D eigenvalue weighted by Gasteiger charge is -2.09. The molecule has 4 heterocycles. The summed E-state index contributed by atoms with van der Waals surface area (Å²) in [6, 6.07) is 61.5. The van der Waals surface area contributed by atoms with Crippen LogP contribution in [0, 0.1) is 0 Å². The summed E-state index contributed by atoms with van der Waals surface area (Å²) in [4.78, 5) is 9.75. The molecule has 4 nitrogen and oxygen atoms in total. The van der Waals surface area contributed by atoms with Gasteiger partial charge in [0.2, 0.25) is 0 Å². The number of benzene rings is 7. The van der Waals surface area contributed by atoms with Crippen molar-refractivity contribution in [2.24, 2.45) is 0 Å². The van der Waals surface area contributed by atoms with E-state index in [1.165, 1.54) is 88.1 Å². The lowest BCUT2D eigenvalue weighted by Crippen LogP contribution is -1.93. The predicted octanol–water partition coefficient (Wildman–Crippen LogP) is 12.8. The van der Waals surface area contributed by atoms with Crippen LogP contribution >= 0.6 is 0 Å². The molecule has 0 fully saturated rings. The van der Waals surface area contributed by atoms with E-state index in [9.17, 15) is 0 Å². The number of hydrogen-bond acceptors (Lipinski definition) is 2. The highest BCUT2D eigenvalue weighted by Crippen LogP contribution is 2.48. The quantitative estimate of drug-likeness (QED) is 0.185. The van der Waals surface area contributed by atoms with E-state index in [0.29, 0.717) is 0 Å². The second-order valence-electron chi connectivity index (χ2n) is 14.2. The van der Waals surface area contributed by atoms with E-state index in [4.69, 9.17) is 4.98 Å². The predicted molar refractivity (Wildman–Crippen MR) is 224 cm³/mol. The largest absolute Gasteiger partial charge is 0.309 e.